The van der Waals surface area contributed by atoms with Crippen LogP contribution in [0, 0.1) is 10.1 Å². The van der Waals surface area contributed by atoms with Gasteiger partial charge < -0.3 is 10.1 Å². The van der Waals surface area contributed by atoms with Gasteiger partial charge in [-0.3, -0.25) is 14.9 Å². The Hall–Kier alpha value is -3.97. The zero-order valence-electron chi connectivity index (χ0n) is 16.3. The van der Waals surface area contributed by atoms with Crippen molar-refractivity contribution < 1.29 is 14.5 Å². The molecule has 1 aromatic heterocycles. The quantitative estimate of drug-likeness (QED) is 0.320. The average molecular weight is 434 g/mol. The number of aromatic nitrogens is 1. The molecular formula is C23H16ClN3O4. The first-order valence-electron chi connectivity index (χ1n) is 9.26. The van der Waals surface area contributed by atoms with Crippen molar-refractivity contribution in [3.8, 4) is 17.0 Å². The fourth-order valence-electron chi connectivity index (χ4n) is 3.20. The zero-order valence-corrected chi connectivity index (χ0v) is 17.1. The molecule has 154 valence electrons. The Balaban J connectivity index is 1.76. The van der Waals surface area contributed by atoms with E-state index in [0.717, 1.165) is 5.56 Å². The van der Waals surface area contributed by atoms with Gasteiger partial charge in [0.05, 0.1) is 28.8 Å². The van der Waals surface area contributed by atoms with Crippen LogP contribution in [0.5, 0.6) is 5.75 Å². The molecule has 4 aromatic rings. The van der Waals surface area contributed by atoms with Crippen molar-refractivity contribution in [2.75, 3.05) is 12.4 Å². The number of rotatable bonds is 5. The number of nitrogens with zero attached hydrogens (tertiary/aromatic N) is 2. The number of nitro benzene ring substituents is 1. The highest BCUT2D eigenvalue weighted by Gasteiger charge is 2.17. The molecule has 0 bridgehead atoms. The molecule has 8 heteroatoms. The first-order chi connectivity index (χ1) is 15.0. The summed E-state index contributed by atoms with van der Waals surface area (Å²) in [5.74, 6) is 0.303. The predicted octanol–water partition coefficient (Wildman–Crippen LogP) is 5.72. The zero-order chi connectivity index (χ0) is 22.0. The van der Waals surface area contributed by atoms with Crippen molar-refractivity contribution >= 4 is 39.8 Å². The number of anilines is 1. The van der Waals surface area contributed by atoms with Crippen LogP contribution in [0.15, 0.2) is 72.8 Å². The lowest BCUT2D eigenvalue weighted by Gasteiger charge is -2.11. The van der Waals surface area contributed by atoms with E-state index in [0.29, 0.717) is 27.9 Å². The van der Waals surface area contributed by atoms with E-state index in [9.17, 15) is 14.9 Å². The van der Waals surface area contributed by atoms with Gasteiger partial charge in [-0.1, -0.05) is 29.8 Å². The van der Waals surface area contributed by atoms with Gasteiger partial charge in [-0.2, -0.15) is 0 Å². The molecule has 0 spiro atoms. The van der Waals surface area contributed by atoms with Gasteiger partial charge in [0.2, 0.25) is 0 Å². The van der Waals surface area contributed by atoms with Gasteiger partial charge in [-0.25, -0.2) is 4.98 Å². The number of carbonyl (C=O) groups is 1. The maximum atomic E-state index is 13.1. The molecule has 3 aromatic carbocycles. The third kappa shape index (κ3) is 4.17. The summed E-state index contributed by atoms with van der Waals surface area (Å²) in [6.45, 7) is 0. The molecule has 1 N–H and O–H groups in total. The summed E-state index contributed by atoms with van der Waals surface area (Å²) < 4.78 is 5.20. The minimum absolute atomic E-state index is 0.000785. The number of benzene rings is 3. The van der Waals surface area contributed by atoms with E-state index in [1.165, 1.54) is 18.2 Å². The Morgan fingerprint density at radius 2 is 1.81 bits per heavy atom. The lowest BCUT2D eigenvalue weighted by Crippen LogP contribution is -2.13. The van der Waals surface area contributed by atoms with Crippen molar-refractivity contribution in [2.24, 2.45) is 0 Å². The maximum Gasteiger partial charge on any atom is 0.289 e. The van der Waals surface area contributed by atoms with Crippen LogP contribution < -0.4 is 10.1 Å². The monoisotopic (exact) mass is 433 g/mol. The highest BCUT2D eigenvalue weighted by molar-refractivity contribution is 6.32. The lowest BCUT2D eigenvalue weighted by molar-refractivity contribution is -0.384. The van der Waals surface area contributed by atoms with Crippen LogP contribution >= 0.6 is 11.6 Å². The standard InChI is InChI=1S/C23H16ClN3O4/c1-31-16-9-6-14(7-10-16)21-13-18(17-4-2-3-5-20(17)26-21)23(28)25-15-8-11-19(24)22(12-15)27(29)30/h2-13H,1H3,(H,25,28). The number of halogens is 1. The van der Waals surface area contributed by atoms with Crippen LogP contribution in [0.2, 0.25) is 5.02 Å². The van der Waals surface area contributed by atoms with E-state index in [1.54, 1.807) is 19.2 Å². The van der Waals surface area contributed by atoms with Gasteiger partial charge in [-0.05, 0) is 48.5 Å². The fourth-order valence-corrected chi connectivity index (χ4v) is 3.39. The Morgan fingerprint density at radius 1 is 1.06 bits per heavy atom. The number of pyridine rings is 1. The van der Waals surface area contributed by atoms with Crippen molar-refractivity contribution in [2.45, 2.75) is 0 Å². The number of ether oxygens (including phenoxy) is 1. The van der Waals surface area contributed by atoms with Crippen molar-refractivity contribution in [1.82, 2.24) is 4.98 Å². The van der Waals surface area contributed by atoms with Gasteiger partial charge in [0.15, 0.2) is 0 Å². The molecule has 0 aliphatic carbocycles. The third-order valence-electron chi connectivity index (χ3n) is 4.75. The highest BCUT2D eigenvalue weighted by atomic mass is 35.5. The lowest BCUT2D eigenvalue weighted by atomic mass is 10.0. The van der Waals surface area contributed by atoms with Gasteiger partial charge in [-0.15, -0.1) is 0 Å². The number of amides is 1. The highest BCUT2D eigenvalue weighted by Crippen LogP contribution is 2.29. The van der Waals surface area contributed by atoms with Crippen molar-refractivity contribution in [3.05, 3.63) is 93.5 Å². The van der Waals surface area contributed by atoms with E-state index in [4.69, 9.17) is 16.3 Å². The van der Waals surface area contributed by atoms with E-state index >= 15 is 0 Å². The smallest absolute Gasteiger partial charge is 0.289 e. The van der Waals surface area contributed by atoms with E-state index in [2.05, 4.69) is 10.3 Å². The predicted molar refractivity (Wildman–Crippen MR) is 120 cm³/mol. The number of hydrogen-bond acceptors (Lipinski definition) is 5. The number of methoxy groups -OCH3 is 1. The SMILES string of the molecule is COc1ccc(-c2cc(C(=O)Nc3ccc(Cl)c([N+](=O)[O-])c3)c3ccccc3n2)cc1. The maximum absolute atomic E-state index is 13.1. The number of nitrogens with one attached hydrogen (secondary N) is 1. The van der Waals surface area contributed by atoms with Crippen LogP contribution in [0.4, 0.5) is 11.4 Å². The number of hydrogen-bond donors (Lipinski definition) is 1. The summed E-state index contributed by atoms with van der Waals surface area (Å²) in [6, 6.07) is 20.5. The first-order valence-corrected chi connectivity index (χ1v) is 9.63. The minimum atomic E-state index is -0.596. The van der Waals surface area contributed by atoms with Crippen LogP contribution in [0.3, 0.4) is 0 Å². The molecule has 31 heavy (non-hydrogen) atoms. The molecule has 0 radical (unpaired) electrons. The van der Waals surface area contributed by atoms with Gasteiger partial charge in [0.25, 0.3) is 11.6 Å². The molecule has 4 rings (SSSR count). The second-order valence-electron chi connectivity index (χ2n) is 6.68. The molecule has 0 fully saturated rings. The summed E-state index contributed by atoms with van der Waals surface area (Å²) in [5, 5.41) is 14.5. The normalized spacial score (nSPS) is 10.6. The summed E-state index contributed by atoms with van der Waals surface area (Å²) in [5.41, 5.74) is 2.49. The van der Waals surface area contributed by atoms with E-state index < -0.39 is 10.8 Å². The Kier molecular flexibility index (Phi) is 5.51. The molecule has 0 aliphatic heterocycles. The molecule has 0 saturated carbocycles. The number of para-hydroxylation sites is 1. The van der Waals surface area contributed by atoms with E-state index in [-0.39, 0.29) is 16.4 Å². The van der Waals surface area contributed by atoms with Gasteiger partial charge in [0, 0.05) is 22.7 Å². The fraction of sp³-hybridized carbons (Fsp3) is 0.0435. The summed E-state index contributed by atoms with van der Waals surface area (Å²) >= 11 is 5.86. The van der Waals surface area contributed by atoms with E-state index in [1.807, 2.05) is 42.5 Å². The largest absolute Gasteiger partial charge is 0.497 e. The molecule has 1 amide bonds. The topological polar surface area (TPSA) is 94.4 Å². The van der Waals surface area contributed by atoms with Crippen molar-refractivity contribution in [1.29, 1.82) is 0 Å². The molecule has 0 unspecified atom stereocenters. The molecular weight excluding hydrogens is 418 g/mol. The van der Waals surface area contributed by atoms with Gasteiger partial charge in [0.1, 0.15) is 10.8 Å². The Morgan fingerprint density at radius 3 is 2.52 bits per heavy atom. The first kappa shape index (κ1) is 20.3. The number of fused-ring (bicyclic) bond motifs is 1. The van der Waals surface area contributed by atoms with Crippen LogP contribution in [0.25, 0.3) is 22.2 Å². The molecule has 0 saturated heterocycles. The van der Waals surface area contributed by atoms with Crippen LogP contribution in [-0.2, 0) is 0 Å². The summed E-state index contributed by atoms with van der Waals surface area (Å²) in [6.07, 6.45) is 0. The van der Waals surface area contributed by atoms with Gasteiger partial charge >= 0.3 is 0 Å². The third-order valence-corrected chi connectivity index (χ3v) is 5.07. The Labute approximate surface area is 182 Å². The molecule has 0 atom stereocenters. The van der Waals surface area contributed by atoms with Crippen LogP contribution in [0.1, 0.15) is 10.4 Å². The van der Waals surface area contributed by atoms with Crippen molar-refractivity contribution in [3.63, 3.8) is 0 Å². The number of nitro groups is 1. The average Bonchev–Trinajstić information content (AvgIpc) is 2.79. The summed E-state index contributed by atoms with van der Waals surface area (Å²) in [7, 11) is 1.59. The molecule has 7 nitrogen and oxygen atoms in total. The number of carbonyl (C=O) groups excluding carboxylic acids is 1. The summed E-state index contributed by atoms with van der Waals surface area (Å²) in [4.78, 5) is 28.3. The van der Waals surface area contributed by atoms with Crippen LogP contribution in [-0.4, -0.2) is 22.9 Å². The molecule has 0 aliphatic rings. The minimum Gasteiger partial charge on any atom is -0.497 e. The Bertz CT molecular complexity index is 1310. The second-order valence-corrected chi connectivity index (χ2v) is 7.09. The second kappa shape index (κ2) is 8.41. The molecule has 1 heterocycles.